The predicted octanol–water partition coefficient (Wildman–Crippen LogP) is 5.51. The Morgan fingerprint density at radius 2 is 0.712 bits per heavy atom. The van der Waals surface area contributed by atoms with Crippen molar-refractivity contribution in [3.8, 4) is 5.75 Å². The van der Waals surface area contributed by atoms with Gasteiger partial charge in [0.05, 0.1) is 152 Å². The van der Waals surface area contributed by atoms with Crippen LogP contribution in [0.15, 0.2) is 24.3 Å². The molecule has 0 heterocycles. The van der Waals surface area contributed by atoms with Gasteiger partial charge in [-0.2, -0.15) is 0 Å². The third kappa shape index (κ3) is 42.5. The van der Waals surface area contributed by atoms with Crippen LogP contribution in [0.25, 0.3) is 0 Å². The van der Waals surface area contributed by atoms with Crippen molar-refractivity contribution in [2.75, 3.05) is 165 Å². The van der Waals surface area contributed by atoms with Gasteiger partial charge in [-0.25, -0.2) is 4.79 Å². The zero-order valence-corrected chi connectivity index (χ0v) is 37.1. The van der Waals surface area contributed by atoms with Gasteiger partial charge in [-0.3, -0.25) is 0 Å². The first kappa shape index (κ1) is 55.0. The molecule has 15 heteroatoms. The van der Waals surface area contributed by atoms with E-state index in [4.69, 9.17) is 66.3 Å². The van der Waals surface area contributed by atoms with Crippen molar-refractivity contribution in [3.63, 3.8) is 0 Å². The van der Waals surface area contributed by atoms with Gasteiger partial charge in [0, 0.05) is 0 Å². The Morgan fingerprint density at radius 1 is 0.407 bits per heavy atom. The normalized spacial score (nSPS) is 11.7. The highest BCUT2D eigenvalue weighted by Crippen LogP contribution is 2.15. The maximum absolute atomic E-state index is 11.5. The molecule has 59 heavy (non-hydrogen) atoms. The second kappa shape index (κ2) is 42.7. The lowest BCUT2D eigenvalue weighted by Crippen LogP contribution is -2.27. The van der Waals surface area contributed by atoms with Gasteiger partial charge >= 0.3 is 5.97 Å². The molecule has 0 spiro atoms. The van der Waals surface area contributed by atoms with Gasteiger partial charge in [0.1, 0.15) is 24.6 Å². The van der Waals surface area contributed by atoms with Crippen molar-refractivity contribution in [3.05, 3.63) is 29.8 Å². The van der Waals surface area contributed by atoms with Crippen LogP contribution in [0.1, 0.15) is 71.8 Å². The molecular formula is C44H80O15. The van der Waals surface area contributed by atoms with E-state index in [1.807, 2.05) is 32.9 Å². The number of carbonyl (C=O) groups is 1. The average molecular weight is 849 g/mol. The molecule has 0 N–H and O–H groups in total. The van der Waals surface area contributed by atoms with Gasteiger partial charge < -0.3 is 66.3 Å². The fourth-order valence-electron chi connectivity index (χ4n) is 5.03. The van der Waals surface area contributed by atoms with Crippen molar-refractivity contribution < 1.29 is 71.1 Å². The SMILES string of the molecule is CCCCCCCCc1ccc(OCCOCCOCCOCCOCCOCCOCCOCCOCCOCCOCCOCCOCC(=O)OC(C)(C)C)cc1. The maximum atomic E-state index is 11.5. The zero-order valence-electron chi connectivity index (χ0n) is 37.1. The van der Waals surface area contributed by atoms with E-state index in [1.165, 1.54) is 44.1 Å². The topological polar surface area (TPSA) is 146 Å². The highest BCUT2D eigenvalue weighted by molar-refractivity contribution is 5.71. The summed E-state index contributed by atoms with van der Waals surface area (Å²) in [5, 5.41) is 0. The number of esters is 1. The van der Waals surface area contributed by atoms with Crippen molar-refractivity contribution >= 4 is 5.97 Å². The lowest BCUT2D eigenvalue weighted by molar-refractivity contribution is -0.160. The first-order valence-electron chi connectivity index (χ1n) is 21.8. The largest absolute Gasteiger partial charge is 0.491 e. The number of hydrogen-bond donors (Lipinski definition) is 0. The van der Waals surface area contributed by atoms with Crippen molar-refractivity contribution in [1.29, 1.82) is 0 Å². The van der Waals surface area contributed by atoms with E-state index >= 15 is 0 Å². The van der Waals surface area contributed by atoms with Crippen LogP contribution in [0.2, 0.25) is 0 Å². The molecule has 15 nitrogen and oxygen atoms in total. The average Bonchev–Trinajstić information content (AvgIpc) is 3.21. The van der Waals surface area contributed by atoms with Gasteiger partial charge in [0.25, 0.3) is 0 Å². The minimum absolute atomic E-state index is 0.0850. The standard InChI is InChI=1S/C44H80O15/c1-5-6-7-8-9-10-11-41-12-14-42(15-13-41)58-39-38-56-35-34-54-31-30-52-27-26-50-23-22-48-19-18-46-16-17-47-20-21-49-24-25-51-28-29-53-32-33-55-36-37-57-40-43(45)59-44(2,3)4/h12-15H,5-11,16-40H2,1-4H3. The monoisotopic (exact) mass is 849 g/mol. The van der Waals surface area contributed by atoms with Gasteiger partial charge in [0.2, 0.25) is 0 Å². The molecule has 0 fully saturated rings. The smallest absolute Gasteiger partial charge is 0.332 e. The number of rotatable bonds is 46. The second-order valence-corrected chi connectivity index (χ2v) is 14.4. The quantitative estimate of drug-likeness (QED) is 0.0600. The summed E-state index contributed by atoms with van der Waals surface area (Å²) in [6, 6.07) is 8.42. The van der Waals surface area contributed by atoms with Crippen LogP contribution in [0.4, 0.5) is 0 Å². The molecule has 0 saturated carbocycles. The third-order valence-electron chi connectivity index (χ3n) is 7.97. The van der Waals surface area contributed by atoms with Crippen LogP contribution in [-0.2, 0) is 72.8 Å². The first-order chi connectivity index (χ1) is 28.9. The number of ether oxygens (including phenoxy) is 14. The number of aryl methyl sites for hydroxylation is 1. The van der Waals surface area contributed by atoms with E-state index in [0.29, 0.717) is 159 Å². The fraction of sp³-hybridized carbons (Fsp3) is 0.841. The summed E-state index contributed by atoms with van der Waals surface area (Å²) in [5.41, 5.74) is 0.860. The first-order valence-corrected chi connectivity index (χ1v) is 21.8. The van der Waals surface area contributed by atoms with Gasteiger partial charge in [-0.05, 0) is 51.3 Å². The highest BCUT2D eigenvalue weighted by Gasteiger charge is 2.16. The highest BCUT2D eigenvalue weighted by atomic mass is 16.6. The minimum Gasteiger partial charge on any atom is -0.491 e. The Labute approximate surface area is 355 Å². The van der Waals surface area contributed by atoms with E-state index in [2.05, 4.69) is 19.1 Å². The van der Waals surface area contributed by atoms with Gasteiger partial charge in [0.15, 0.2) is 0 Å². The number of unbranched alkanes of at least 4 members (excludes halogenated alkanes) is 5. The van der Waals surface area contributed by atoms with E-state index < -0.39 is 5.60 Å². The number of benzene rings is 1. The van der Waals surface area contributed by atoms with E-state index in [-0.39, 0.29) is 12.6 Å². The Bertz CT molecular complexity index is 1010. The molecule has 0 amide bonds. The van der Waals surface area contributed by atoms with Crippen LogP contribution < -0.4 is 4.74 Å². The van der Waals surface area contributed by atoms with E-state index in [0.717, 1.165) is 12.2 Å². The summed E-state index contributed by atoms with van der Waals surface area (Å²) in [4.78, 5) is 11.5. The maximum Gasteiger partial charge on any atom is 0.332 e. The summed E-state index contributed by atoms with van der Waals surface area (Å²) < 4.78 is 76.7. The molecule has 0 aliphatic heterocycles. The number of hydrogen-bond acceptors (Lipinski definition) is 15. The molecule has 0 unspecified atom stereocenters. The fourth-order valence-corrected chi connectivity index (χ4v) is 5.03. The Balaban J connectivity index is 1.67. The summed E-state index contributed by atoms with van der Waals surface area (Å²) >= 11 is 0. The molecule has 346 valence electrons. The molecule has 1 aromatic carbocycles. The lowest BCUT2D eigenvalue weighted by Gasteiger charge is -2.19. The van der Waals surface area contributed by atoms with Crippen LogP contribution in [-0.4, -0.2) is 177 Å². The molecule has 0 radical (unpaired) electrons. The molecule has 0 aromatic heterocycles. The van der Waals surface area contributed by atoms with Crippen LogP contribution in [0.3, 0.4) is 0 Å². The summed E-state index contributed by atoms with van der Waals surface area (Å²) in [5.74, 6) is 0.493. The summed E-state index contributed by atoms with van der Waals surface area (Å²) in [6.45, 7) is 19.2. The second-order valence-electron chi connectivity index (χ2n) is 14.4. The lowest BCUT2D eigenvalue weighted by atomic mass is 10.0. The Morgan fingerprint density at radius 3 is 1.05 bits per heavy atom. The molecular weight excluding hydrogens is 768 g/mol. The Kier molecular flexibility index (Phi) is 39.8. The summed E-state index contributed by atoms with van der Waals surface area (Å²) in [6.07, 6.45) is 9.06. The molecule has 0 atom stereocenters. The zero-order chi connectivity index (χ0) is 42.6. The molecule has 0 aliphatic carbocycles. The van der Waals surface area contributed by atoms with Crippen molar-refractivity contribution in [2.24, 2.45) is 0 Å². The van der Waals surface area contributed by atoms with Gasteiger partial charge in [-0.15, -0.1) is 0 Å². The van der Waals surface area contributed by atoms with Crippen molar-refractivity contribution in [2.45, 2.75) is 78.2 Å². The molecule has 1 rings (SSSR count). The van der Waals surface area contributed by atoms with Crippen molar-refractivity contribution in [1.82, 2.24) is 0 Å². The third-order valence-corrected chi connectivity index (χ3v) is 7.97. The molecule has 0 aliphatic rings. The van der Waals surface area contributed by atoms with Gasteiger partial charge in [-0.1, -0.05) is 51.2 Å². The van der Waals surface area contributed by atoms with E-state index in [9.17, 15) is 4.79 Å². The molecule has 0 bridgehead atoms. The van der Waals surface area contributed by atoms with Crippen LogP contribution in [0.5, 0.6) is 5.75 Å². The van der Waals surface area contributed by atoms with Crippen LogP contribution >= 0.6 is 0 Å². The van der Waals surface area contributed by atoms with Crippen LogP contribution in [0, 0.1) is 0 Å². The summed E-state index contributed by atoms with van der Waals surface area (Å²) in [7, 11) is 0. The Hall–Kier alpha value is -1.99. The number of carbonyl (C=O) groups excluding carboxylic acids is 1. The molecule has 0 saturated heterocycles. The molecule has 1 aromatic rings. The minimum atomic E-state index is -0.514. The van der Waals surface area contributed by atoms with E-state index in [1.54, 1.807) is 0 Å². The predicted molar refractivity (Wildman–Crippen MR) is 225 cm³/mol.